The zero-order valence-electron chi connectivity index (χ0n) is 15.2. The van der Waals surface area contributed by atoms with Gasteiger partial charge in [0.2, 0.25) is 0 Å². The Morgan fingerprint density at radius 2 is 1.80 bits per heavy atom. The number of nitrogens with one attached hydrogen (secondary N) is 1. The SMILES string of the molecule is CCOC(=O)c1cc(NC(=O)C2(OCC)CCCC2)ccc1OCC. The van der Waals surface area contributed by atoms with Gasteiger partial charge in [-0.05, 0) is 64.7 Å². The quantitative estimate of drug-likeness (QED) is 0.727. The molecule has 1 fully saturated rings. The van der Waals surface area contributed by atoms with E-state index in [0.29, 0.717) is 43.1 Å². The number of esters is 1. The van der Waals surface area contributed by atoms with Gasteiger partial charge in [-0.25, -0.2) is 4.79 Å². The molecule has 1 amide bonds. The third-order valence-electron chi connectivity index (χ3n) is 4.28. The Kier molecular flexibility index (Phi) is 6.82. The molecule has 1 aliphatic rings. The molecule has 2 rings (SSSR count). The van der Waals surface area contributed by atoms with Crippen LogP contribution in [0.2, 0.25) is 0 Å². The van der Waals surface area contributed by atoms with Crippen LogP contribution in [0.25, 0.3) is 0 Å². The van der Waals surface area contributed by atoms with Gasteiger partial charge in [0.15, 0.2) is 0 Å². The molecule has 25 heavy (non-hydrogen) atoms. The zero-order valence-corrected chi connectivity index (χ0v) is 15.2. The van der Waals surface area contributed by atoms with Crippen molar-refractivity contribution in [3.05, 3.63) is 23.8 Å². The van der Waals surface area contributed by atoms with Crippen LogP contribution in [0.15, 0.2) is 18.2 Å². The van der Waals surface area contributed by atoms with Crippen molar-refractivity contribution in [2.75, 3.05) is 25.1 Å². The minimum Gasteiger partial charge on any atom is -0.493 e. The first-order valence-electron chi connectivity index (χ1n) is 8.95. The highest BCUT2D eigenvalue weighted by Crippen LogP contribution is 2.35. The second kappa shape index (κ2) is 8.85. The molecular weight excluding hydrogens is 322 g/mol. The fraction of sp³-hybridized carbons (Fsp3) is 0.579. The Labute approximate surface area is 148 Å². The number of hydrogen-bond acceptors (Lipinski definition) is 5. The number of carbonyl (C=O) groups is 2. The third kappa shape index (κ3) is 4.51. The van der Waals surface area contributed by atoms with E-state index in [1.807, 2.05) is 13.8 Å². The largest absolute Gasteiger partial charge is 0.493 e. The first kappa shape index (κ1) is 19.2. The molecule has 0 unspecified atom stereocenters. The Hall–Kier alpha value is -2.08. The van der Waals surface area contributed by atoms with Gasteiger partial charge in [0.1, 0.15) is 16.9 Å². The van der Waals surface area contributed by atoms with Gasteiger partial charge in [-0.2, -0.15) is 0 Å². The van der Waals surface area contributed by atoms with Crippen molar-refractivity contribution in [1.82, 2.24) is 0 Å². The van der Waals surface area contributed by atoms with E-state index in [4.69, 9.17) is 14.2 Å². The van der Waals surface area contributed by atoms with Crippen molar-refractivity contribution in [1.29, 1.82) is 0 Å². The smallest absolute Gasteiger partial charge is 0.341 e. The predicted octanol–water partition coefficient (Wildman–Crippen LogP) is 3.55. The van der Waals surface area contributed by atoms with Gasteiger partial charge in [0.05, 0.1) is 13.2 Å². The van der Waals surface area contributed by atoms with Crippen molar-refractivity contribution in [2.24, 2.45) is 0 Å². The molecule has 0 radical (unpaired) electrons. The van der Waals surface area contributed by atoms with Crippen LogP contribution in [-0.2, 0) is 14.3 Å². The van der Waals surface area contributed by atoms with Crippen LogP contribution in [0.3, 0.4) is 0 Å². The summed E-state index contributed by atoms with van der Waals surface area (Å²) >= 11 is 0. The number of benzene rings is 1. The van der Waals surface area contributed by atoms with E-state index in [-0.39, 0.29) is 12.5 Å². The standard InChI is InChI=1S/C19H27NO5/c1-4-23-16-10-9-14(13-15(16)17(21)24-5-2)20-18(22)19(25-6-3)11-7-8-12-19/h9-10,13H,4-8,11-12H2,1-3H3,(H,20,22). The highest BCUT2D eigenvalue weighted by Gasteiger charge is 2.42. The van der Waals surface area contributed by atoms with Gasteiger partial charge in [-0.3, -0.25) is 4.79 Å². The summed E-state index contributed by atoms with van der Waals surface area (Å²) in [5, 5.41) is 2.89. The van der Waals surface area contributed by atoms with Crippen LogP contribution >= 0.6 is 0 Å². The third-order valence-corrected chi connectivity index (χ3v) is 4.28. The number of ether oxygens (including phenoxy) is 3. The fourth-order valence-corrected chi connectivity index (χ4v) is 3.16. The second-order valence-electron chi connectivity index (χ2n) is 5.95. The molecule has 0 spiro atoms. The molecule has 1 aromatic rings. The summed E-state index contributed by atoms with van der Waals surface area (Å²) in [6.45, 7) is 6.68. The topological polar surface area (TPSA) is 73.9 Å². The molecule has 0 aromatic heterocycles. The first-order valence-corrected chi connectivity index (χ1v) is 8.95. The molecule has 0 bridgehead atoms. The van der Waals surface area contributed by atoms with Crippen LogP contribution in [0.5, 0.6) is 5.75 Å². The van der Waals surface area contributed by atoms with E-state index in [0.717, 1.165) is 12.8 Å². The first-order chi connectivity index (χ1) is 12.1. The maximum Gasteiger partial charge on any atom is 0.341 e. The molecule has 6 nitrogen and oxygen atoms in total. The van der Waals surface area contributed by atoms with Crippen LogP contribution in [-0.4, -0.2) is 37.3 Å². The number of hydrogen-bond donors (Lipinski definition) is 1. The van der Waals surface area contributed by atoms with Crippen LogP contribution in [0.1, 0.15) is 56.8 Å². The summed E-state index contributed by atoms with van der Waals surface area (Å²) in [4.78, 5) is 24.9. The summed E-state index contributed by atoms with van der Waals surface area (Å²) < 4.78 is 16.3. The average Bonchev–Trinajstić information content (AvgIpc) is 3.07. The van der Waals surface area contributed by atoms with E-state index >= 15 is 0 Å². The molecule has 0 aliphatic heterocycles. The number of rotatable bonds is 8. The zero-order chi connectivity index (χ0) is 18.3. The van der Waals surface area contributed by atoms with E-state index < -0.39 is 11.6 Å². The lowest BCUT2D eigenvalue weighted by atomic mass is 10.0. The molecule has 1 saturated carbocycles. The summed E-state index contributed by atoms with van der Waals surface area (Å²) in [6, 6.07) is 4.99. The molecule has 0 heterocycles. The van der Waals surface area contributed by atoms with Gasteiger partial charge < -0.3 is 19.5 Å². The van der Waals surface area contributed by atoms with Crippen LogP contribution in [0.4, 0.5) is 5.69 Å². The Morgan fingerprint density at radius 3 is 2.40 bits per heavy atom. The van der Waals surface area contributed by atoms with Gasteiger partial charge >= 0.3 is 5.97 Å². The molecular formula is C19H27NO5. The van der Waals surface area contributed by atoms with E-state index in [1.165, 1.54) is 0 Å². The summed E-state index contributed by atoms with van der Waals surface area (Å²) in [6.07, 6.45) is 3.39. The highest BCUT2D eigenvalue weighted by atomic mass is 16.5. The van der Waals surface area contributed by atoms with E-state index in [2.05, 4.69) is 5.32 Å². The number of amides is 1. The van der Waals surface area contributed by atoms with Crippen molar-refractivity contribution in [3.8, 4) is 5.75 Å². The van der Waals surface area contributed by atoms with E-state index in [1.54, 1.807) is 25.1 Å². The monoisotopic (exact) mass is 349 g/mol. The summed E-state index contributed by atoms with van der Waals surface area (Å²) in [7, 11) is 0. The lowest BCUT2D eigenvalue weighted by molar-refractivity contribution is -0.140. The maximum absolute atomic E-state index is 12.8. The number of carbonyl (C=O) groups excluding carboxylic acids is 2. The van der Waals surface area contributed by atoms with Crippen LogP contribution < -0.4 is 10.1 Å². The Morgan fingerprint density at radius 1 is 1.08 bits per heavy atom. The molecule has 6 heteroatoms. The van der Waals surface area contributed by atoms with Crippen LogP contribution in [0, 0.1) is 0 Å². The van der Waals surface area contributed by atoms with Gasteiger partial charge in [-0.1, -0.05) is 0 Å². The molecule has 0 atom stereocenters. The summed E-state index contributed by atoms with van der Waals surface area (Å²) in [5.74, 6) is -0.187. The summed E-state index contributed by atoms with van der Waals surface area (Å²) in [5.41, 5.74) is 0.0677. The minimum absolute atomic E-state index is 0.161. The number of anilines is 1. The predicted molar refractivity (Wildman–Crippen MR) is 95.0 cm³/mol. The van der Waals surface area contributed by atoms with Crippen molar-refractivity contribution in [3.63, 3.8) is 0 Å². The molecule has 1 aliphatic carbocycles. The molecule has 1 N–H and O–H groups in total. The molecule has 0 saturated heterocycles. The van der Waals surface area contributed by atoms with Crippen molar-refractivity contribution < 1.29 is 23.8 Å². The van der Waals surface area contributed by atoms with Gasteiger partial charge in [0.25, 0.3) is 5.91 Å². The lowest BCUT2D eigenvalue weighted by Crippen LogP contribution is -2.43. The lowest BCUT2D eigenvalue weighted by Gasteiger charge is -2.27. The second-order valence-corrected chi connectivity index (χ2v) is 5.95. The average molecular weight is 349 g/mol. The van der Waals surface area contributed by atoms with Gasteiger partial charge in [0, 0.05) is 12.3 Å². The fourth-order valence-electron chi connectivity index (χ4n) is 3.16. The Balaban J connectivity index is 2.22. The normalized spacial score (nSPS) is 15.6. The maximum atomic E-state index is 12.8. The van der Waals surface area contributed by atoms with Crippen molar-refractivity contribution >= 4 is 17.6 Å². The minimum atomic E-state index is -0.766. The Bertz CT molecular complexity index is 608. The molecule has 138 valence electrons. The van der Waals surface area contributed by atoms with Gasteiger partial charge in [-0.15, -0.1) is 0 Å². The van der Waals surface area contributed by atoms with E-state index in [9.17, 15) is 9.59 Å². The molecule has 1 aromatic carbocycles. The van der Waals surface area contributed by atoms with Crippen molar-refractivity contribution in [2.45, 2.75) is 52.1 Å². The highest BCUT2D eigenvalue weighted by molar-refractivity contribution is 5.99.